The summed E-state index contributed by atoms with van der Waals surface area (Å²) in [7, 11) is 0. The van der Waals surface area contributed by atoms with E-state index in [0.717, 1.165) is 30.4 Å². The summed E-state index contributed by atoms with van der Waals surface area (Å²) in [5.74, 6) is 0. The van der Waals surface area contributed by atoms with Gasteiger partial charge in [-0.25, -0.2) is 4.98 Å². The lowest BCUT2D eigenvalue weighted by molar-refractivity contribution is 1.04. The first-order chi connectivity index (χ1) is 17.4. The molecule has 0 aliphatic heterocycles. The van der Waals surface area contributed by atoms with Crippen LogP contribution < -0.4 is 0 Å². The first-order valence-corrected chi connectivity index (χ1v) is 12.6. The van der Waals surface area contributed by atoms with Crippen LogP contribution in [0.4, 0.5) is 0 Å². The molecule has 0 N–H and O–H groups in total. The molecule has 0 atom stereocenters. The number of pyridine rings is 1. The molecule has 2 aromatic heterocycles. The molecule has 2 heteroatoms. The molecule has 0 radical (unpaired) electrons. The highest BCUT2D eigenvalue weighted by molar-refractivity contribution is 6.17. The average molecular weight is 447 g/mol. The summed E-state index contributed by atoms with van der Waals surface area (Å²) in [6, 6.07) is 26.9. The molecule has 0 bridgehead atoms. The molecule has 0 unspecified atom stereocenters. The van der Waals surface area contributed by atoms with Gasteiger partial charge in [0.1, 0.15) is 5.65 Å². The first kappa shape index (κ1) is 18.2. The Hall–Kier alpha value is -4.17. The molecule has 6 aromatic rings. The van der Waals surface area contributed by atoms with Crippen LogP contribution in [0.25, 0.3) is 55.1 Å². The zero-order valence-electron chi connectivity index (χ0n) is 19.3. The molecule has 0 fully saturated rings. The van der Waals surface area contributed by atoms with Gasteiger partial charge in [-0.05, 0) is 93.8 Å². The lowest BCUT2D eigenvalue weighted by atomic mass is 9.89. The second kappa shape index (κ2) is 6.28. The number of imidazole rings is 1. The quantitative estimate of drug-likeness (QED) is 0.216. The third kappa shape index (κ3) is 2.18. The third-order valence-electron chi connectivity index (χ3n) is 8.50. The van der Waals surface area contributed by atoms with Crippen molar-refractivity contribution in [3.8, 4) is 11.1 Å². The van der Waals surface area contributed by atoms with Gasteiger partial charge in [-0.3, -0.25) is 4.40 Å². The van der Waals surface area contributed by atoms with Gasteiger partial charge in [-0.15, -0.1) is 0 Å². The zero-order valence-corrected chi connectivity index (χ0v) is 19.3. The number of fused-ring (bicyclic) bond motifs is 15. The molecule has 2 heterocycles. The molecule has 0 amide bonds. The van der Waals surface area contributed by atoms with Crippen LogP contribution in [-0.4, -0.2) is 9.38 Å². The molecule has 2 nitrogen and oxygen atoms in total. The van der Waals surface area contributed by atoms with Crippen molar-refractivity contribution in [2.45, 2.75) is 25.7 Å². The van der Waals surface area contributed by atoms with E-state index in [0.29, 0.717) is 0 Å². The van der Waals surface area contributed by atoms with E-state index in [4.69, 9.17) is 4.98 Å². The van der Waals surface area contributed by atoms with Crippen molar-refractivity contribution >= 4 is 43.9 Å². The zero-order chi connectivity index (χ0) is 22.7. The number of hydrogen-bond acceptors (Lipinski definition) is 1. The predicted molar refractivity (Wildman–Crippen MR) is 145 cm³/mol. The molecule has 9 rings (SSSR count). The van der Waals surface area contributed by atoms with Crippen LogP contribution in [0.3, 0.4) is 0 Å². The Bertz CT molecular complexity index is 2000. The van der Waals surface area contributed by atoms with E-state index in [9.17, 15) is 0 Å². The van der Waals surface area contributed by atoms with E-state index in [2.05, 4.69) is 89.3 Å². The van der Waals surface area contributed by atoms with Crippen LogP contribution in [0.1, 0.15) is 35.1 Å². The molecular formula is C33H22N2. The fraction of sp³-hybridized carbons (Fsp3) is 0.121. The monoisotopic (exact) mass is 446 g/mol. The van der Waals surface area contributed by atoms with Gasteiger partial charge in [0.05, 0.1) is 16.6 Å². The van der Waals surface area contributed by atoms with Crippen molar-refractivity contribution < 1.29 is 0 Å². The maximum atomic E-state index is 5.22. The lowest BCUT2D eigenvalue weighted by Crippen LogP contribution is -1.95. The number of allylic oxidation sites excluding steroid dienone is 4. The normalized spacial score (nSPS) is 15.9. The Balaban J connectivity index is 1.45. The van der Waals surface area contributed by atoms with Crippen LogP contribution in [0.5, 0.6) is 0 Å². The van der Waals surface area contributed by atoms with Crippen LogP contribution in [0, 0.1) is 0 Å². The van der Waals surface area contributed by atoms with E-state index in [1.165, 1.54) is 72.6 Å². The van der Waals surface area contributed by atoms with Gasteiger partial charge in [0, 0.05) is 10.8 Å². The fourth-order valence-corrected chi connectivity index (χ4v) is 7.08. The molecule has 3 aliphatic carbocycles. The molecule has 0 spiro atoms. The van der Waals surface area contributed by atoms with Gasteiger partial charge >= 0.3 is 0 Å². The predicted octanol–water partition coefficient (Wildman–Crippen LogP) is 8.02. The third-order valence-corrected chi connectivity index (χ3v) is 8.50. The number of benzene rings is 4. The Morgan fingerprint density at radius 2 is 1.54 bits per heavy atom. The number of rotatable bonds is 0. The number of hydrogen-bond donors (Lipinski definition) is 0. The molecular weight excluding hydrogens is 424 g/mol. The van der Waals surface area contributed by atoms with E-state index < -0.39 is 0 Å². The van der Waals surface area contributed by atoms with Crippen LogP contribution >= 0.6 is 0 Å². The molecule has 0 saturated heterocycles. The van der Waals surface area contributed by atoms with Crippen molar-refractivity contribution in [1.82, 2.24) is 9.38 Å². The smallest absolute Gasteiger partial charge is 0.146 e. The Labute approximate surface area is 202 Å². The maximum Gasteiger partial charge on any atom is 0.146 e. The molecule has 4 aromatic carbocycles. The second-order valence-corrected chi connectivity index (χ2v) is 10.2. The fourth-order valence-electron chi connectivity index (χ4n) is 7.08. The maximum absolute atomic E-state index is 5.22. The van der Waals surface area contributed by atoms with Crippen molar-refractivity contribution in [3.63, 3.8) is 0 Å². The van der Waals surface area contributed by atoms with Crippen molar-refractivity contribution in [2.75, 3.05) is 0 Å². The summed E-state index contributed by atoms with van der Waals surface area (Å²) in [6.07, 6.45) is 9.09. The molecule has 3 aliphatic rings. The summed E-state index contributed by atoms with van der Waals surface area (Å²) >= 11 is 0. The Morgan fingerprint density at radius 3 is 2.49 bits per heavy atom. The van der Waals surface area contributed by atoms with Gasteiger partial charge < -0.3 is 0 Å². The van der Waals surface area contributed by atoms with E-state index in [1.54, 1.807) is 5.57 Å². The van der Waals surface area contributed by atoms with Gasteiger partial charge in [-0.1, -0.05) is 66.7 Å². The standard InChI is InChI=1S/C33H22N2/c1-2-8-22-19(7-1)17-20-13-14-21-18-26-25(31(21)30(20)22)16-15-24-23-9-3-5-11-28(23)35-29-12-6-4-10-27(29)34-33(35)32(24)26/h1,3-7,9-16H,2,8,17-18H2. The first-order valence-electron chi connectivity index (χ1n) is 12.6. The summed E-state index contributed by atoms with van der Waals surface area (Å²) < 4.78 is 2.38. The van der Waals surface area contributed by atoms with E-state index in [-0.39, 0.29) is 0 Å². The van der Waals surface area contributed by atoms with E-state index >= 15 is 0 Å². The number of aromatic nitrogens is 2. The summed E-state index contributed by atoms with van der Waals surface area (Å²) in [5, 5.41) is 3.93. The van der Waals surface area contributed by atoms with Crippen molar-refractivity contribution in [1.29, 1.82) is 0 Å². The summed E-state index contributed by atoms with van der Waals surface area (Å²) in [6.45, 7) is 0. The van der Waals surface area contributed by atoms with Gasteiger partial charge in [-0.2, -0.15) is 0 Å². The van der Waals surface area contributed by atoms with E-state index in [1.807, 2.05) is 0 Å². The summed E-state index contributed by atoms with van der Waals surface area (Å²) in [4.78, 5) is 5.22. The summed E-state index contributed by atoms with van der Waals surface area (Å²) in [5.41, 5.74) is 16.5. The minimum Gasteiger partial charge on any atom is -0.292 e. The second-order valence-electron chi connectivity index (χ2n) is 10.2. The highest BCUT2D eigenvalue weighted by Crippen LogP contribution is 2.51. The largest absolute Gasteiger partial charge is 0.292 e. The van der Waals surface area contributed by atoms with Crippen molar-refractivity contribution in [2.24, 2.45) is 0 Å². The minimum atomic E-state index is 0.977. The highest BCUT2D eigenvalue weighted by Gasteiger charge is 2.31. The van der Waals surface area contributed by atoms with Crippen LogP contribution in [0.2, 0.25) is 0 Å². The SMILES string of the molecule is C1=CC2=C(CC1)c1c(ccc3c1-c1ccc4c5ccccc5n5c6ccccc6nc5c4c1C3)C2. The van der Waals surface area contributed by atoms with Crippen LogP contribution in [0.15, 0.2) is 90.5 Å². The number of nitrogens with zero attached hydrogens (tertiary/aromatic N) is 2. The Morgan fingerprint density at radius 1 is 0.714 bits per heavy atom. The van der Waals surface area contributed by atoms with Crippen molar-refractivity contribution in [3.05, 3.63) is 113 Å². The molecule has 0 saturated carbocycles. The van der Waals surface area contributed by atoms with Crippen LogP contribution in [-0.2, 0) is 12.8 Å². The lowest BCUT2D eigenvalue weighted by Gasteiger charge is -2.15. The molecule has 164 valence electrons. The van der Waals surface area contributed by atoms with Gasteiger partial charge in [0.15, 0.2) is 0 Å². The minimum absolute atomic E-state index is 0.977. The highest BCUT2D eigenvalue weighted by atomic mass is 15.0. The Kier molecular flexibility index (Phi) is 3.27. The van der Waals surface area contributed by atoms with Gasteiger partial charge in [0.25, 0.3) is 0 Å². The average Bonchev–Trinajstić information content (AvgIpc) is 3.59. The topological polar surface area (TPSA) is 17.3 Å². The van der Waals surface area contributed by atoms with Gasteiger partial charge in [0.2, 0.25) is 0 Å². The molecule has 35 heavy (non-hydrogen) atoms. The number of para-hydroxylation sites is 3.